The number of rotatable bonds is 6. The van der Waals surface area contributed by atoms with Crippen molar-refractivity contribution in [3.8, 4) is 11.3 Å². The molecule has 8 heteroatoms. The largest absolute Gasteiger partial charge is 0.480 e. The Morgan fingerprint density at radius 3 is 2.48 bits per heavy atom. The third-order valence-electron chi connectivity index (χ3n) is 4.05. The smallest absolute Gasteiger partial charge is 0.326 e. The molecular formula is C19H16FN3O4. The van der Waals surface area contributed by atoms with Gasteiger partial charge in [-0.1, -0.05) is 17.3 Å². The molecule has 0 aliphatic heterocycles. The van der Waals surface area contributed by atoms with Gasteiger partial charge in [0.15, 0.2) is 0 Å². The van der Waals surface area contributed by atoms with Crippen LogP contribution in [0.15, 0.2) is 59.4 Å². The summed E-state index contributed by atoms with van der Waals surface area (Å²) in [7, 11) is 0. The lowest BCUT2D eigenvalue weighted by molar-refractivity contribution is -0.141. The lowest BCUT2D eigenvalue weighted by Crippen LogP contribution is -2.42. The van der Waals surface area contributed by atoms with Gasteiger partial charge >= 0.3 is 5.97 Å². The van der Waals surface area contributed by atoms with Gasteiger partial charge in [0.2, 0.25) is 5.76 Å². The van der Waals surface area contributed by atoms with Crippen molar-refractivity contribution in [1.82, 2.24) is 15.0 Å². The van der Waals surface area contributed by atoms with Crippen LogP contribution in [-0.4, -0.2) is 38.1 Å². The van der Waals surface area contributed by atoms with Crippen LogP contribution in [-0.2, 0) is 11.3 Å². The summed E-state index contributed by atoms with van der Waals surface area (Å²) in [6.45, 7) is 1.38. The molecule has 0 saturated carbocycles. The quantitative estimate of drug-likeness (QED) is 0.717. The number of carbonyl (C=O) groups excluding carboxylic acids is 1. The van der Waals surface area contributed by atoms with Gasteiger partial charge in [-0.25, -0.2) is 9.18 Å². The first-order valence-electron chi connectivity index (χ1n) is 8.11. The fourth-order valence-corrected chi connectivity index (χ4v) is 2.48. The zero-order valence-corrected chi connectivity index (χ0v) is 14.4. The van der Waals surface area contributed by atoms with E-state index in [9.17, 15) is 19.1 Å². The maximum absolute atomic E-state index is 13.1. The van der Waals surface area contributed by atoms with Gasteiger partial charge < -0.3 is 14.5 Å². The number of hydrogen-bond donors (Lipinski definition) is 1. The van der Waals surface area contributed by atoms with Gasteiger partial charge in [0.25, 0.3) is 5.91 Å². The van der Waals surface area contributed by atoms with E-state index in [2.05, 4.69) is 10.1 Å². The normalized spacial score (nSPS) is 11.8. The summed E-state index contributed by atoms with van der Waals surface area (Å²) in [6.07, 6.45) is 3.16. The lowest BCUT2D eigenvalue weighted by atomic mass is 10.1. The molecular weight excluding hydrogens is 353 g/mol. The molecule has 1 amide bonds. The maximum atomic E-state index is 13.1. The van der Waals surface area contributed by atoms with Gasteiger partial charge in [-0.3, -0.25) is 9.78 Å². The predicted octanol–water partition coefficient (Wildman–Crippen LogP) is 2.99. The molecule has 0 bridgehead atoms. The van der Waals surface area contributed by atoms with E-state index in [1.165, 1.54) is 37.3 Å². The summed E-state index contributed by atoms with van der Waals surface area (Å²) in [5, 5.41) is 13.2. The van der Waals surface area contributed by atoms with Crippen LogP contribution in [0.4, 0.5) is 4.39 Å². The van der Waals surface area contributed by atoms with E-state index in [4.69, 9.17) is 4.52 Å². The molecule has 2 aromatic heterocycles. The molecule has 1 aromatic carbocycles. The van der Waals surface area contributed by atoms with Gasteiger partial charge in [0.05, 0.1) is 0 Å². The highest BCUT2D eigenvalue weighted by molar-refractivity contribution is 5.95. The molecule has 138 valence electrons. The monoisotopic (exact) mass is 369 g/mol. The molecule has 3 rings (SSSR count). The van der Waals surface area contributed by atoms with Crippen LogP contribution in [0.25, 0.3) is 11.3 Å². The zero-order valence-electron chi connectivity index (χ0n) is 14.4. The Balaban J connectivity index is 1.87. The van der Waals surface area contributed by atoms with Crippen LogP contribution < -0.4 is 0 Å². The Kier molecular flexibility index (Phi) is 5.25. The molecule has 2 heterocycles. The number of pyridine rings is 1. The molecule has 0 radical (unpaired) electrons. The fourth-order valence-electron chi connectivity index (χ4n) is 2.48. The Labute approximate surface area is 154 Å². The molecule has 0 saturated heterocycles. The maximum Gasteiger partial charge on any atom is 0.326 e. The van der Waals surface area contributed by atoms with E-state index in [1.54, 1.807) is 24.5 Å². The summed E-state index contributed by atoms with van der Waals surface area (Å²) in [5.41, 5.74) is 1.74. The zero-order chi connectivity index (χ0) is 19.4. The summed E-state index contributed by atoms with van der Waals surface area (Å²) in [5.74, 6) is -2.29. The van der Waals surface area contributed by atoms with Crippen LogP contribution in [0.3, 0.4) is 0 Å². The number of carboxylic acid groups (broad SMARTS) is 1. The Hall–Kier alpha value is -3.55. The molecule has 0 aliphatic carbocycles. The number of carbonyl (C=O) groups is 2. The first-order chi connectivity index (χ1) is 13.0. The van der Waals surface area contributed by atoms with Crippen molar-refractivity contribution in [3.63, 3.8) is 0 Å². The molecule has 7 nitrogen and oxygen atoms in total. The van der Waals surface area contributed by atoms with Crippen LogP contribution in [0.5, 0.6) is 0 Å². The Morgan fingerprint density at radius 1 is 1.19 bits per heavy atom. The number of nitrogens with zero attached hydrogens (tertiary/aromatic N) is 3. The van der Waals surface area contributed by atoms with Crippen molar-refractivity contribution >= 4 is 11.9 Å². The summed E-state index contributed by atoms with van der Waals surface area (Å²) < 4.78 is 18.2. The average molecular weight is 369 g/mol. The number of halogens is 1. The molecule has 0 spiro atoms. The summed E-state index contributed by atoms with van der Waals surface area (Å²) in [4.78, 5) is 29.3. The van der Waals surface area contributed by atoms with Crippen molar-refractivity contribution in [3.05, 3.63) is 72.0 Å². The molecule has 27 heavy (non-hydrogen) atoms. The van der Waals surface area contributed by atoms with Crippen molar-refractivity contribution in [2.24, 2.45) is 0 Å². The van der Waals surface area contributed by atoms with Crippen molar-refractivity contribution in [2.75, 3.05) is 0 Å². The predicted molar refractivity (Wildman–Crippen MR) is 93.1 cm³/mol. The highest BCUT2D eigenvalue weighted by Crippen LogP contribution is 2.21. The van der Waals surface area contributed by atoms with E-state index < -0.39 is 23.7 Å². The number of aliphatic carboxylic acids is 1. The van der Waals surface area contributed by atoms with E-state index in [0.717, 1.165) is 4.90 Å². The third-order valence-corrected chi connectivity index (χ3v) is 4.05. The second-order valence-corrected chi connectivity index (χ2v) is 5.89. The first-order valence-corrected chi connectivity index (χ1v) is 8.11. The molecule has 1 unspecified atom stereocenters. The van der Waals surface area contributed by atoms with Crippen molar-refractivity contribution in [2.45, 2.75) is 19.5 Å². The minimum atomic E-state index is -1.17. The molecule has 0 fully saturated rings. The van der Waals surface area contributed by atoms with E-state index in [-0.39, 0.29) is 12.3 Å². The van der Waals surface area contributed by atoms with E-state index in [0.29, 0.717) is 16.8 Å². The van der Waals surface area contributed by atoms with Gasteiger partial charge in [0, 0.05) is 30.6 Å². The number of amides is 1. The second kappa shape index (κ2) is 7.77. The number of carboxylic acids is 1. The second-order valence-electron chi connectivity index (χ2n) is 5.89. The average Bonchev–Trinajstić information content (AvgIpc) is 3.17. The molecule has 3 aromatic rings. The molecule has 1 N–H and O–H groups in total. The Morgan fingerprint density at radius 2 is 1.85 bits per heavy atom. The first kappa shape index (κ1) is 18.2. The number of aromatic nitrogens is 2. The number of benzene rings is 1. The van der Waals surface area contributed by atoms with E-state index in [1.807, 2.05) is 0 Å². The van der Waals surface area contributed by atoms with E-state index >= 15 is 0 Å². The molecule has 0 aliphatic rings. The van der Waals surface area contributed by atoms with Gasteiger partial charge in [-0.05, 0) is 36.8 Å². The molecule has 1 atom stereocenters. The Bertz CT molecular complexity index is 941. The highest BCUT2D eigenvalue weighted by Gasteiger charge is 2.29. The van der Waals surface area contributed by atoms with Crippen LogP contribution >= 0.6 is 0 Å². The minimum Gasteiger partial charge on any atom is -0.480 e. The number of hydrogen-bond acceptors (Lipinski definition) is 5. The minimum absolute atomic E-state index is 0.0160. The van der Waals surface area contributed by atoms with Crippen LogP contribution in [0, 0.1) is 5.82 Å². The van der Waals surface area contributed by atoms with Crippen LogP contribution in [0.2, 0.25) is 0 Å². The van der Waals surface area contributed by atoms with Gasteiger partial charge in [-0.2, -0.15) is 0 Å². The standard InChI is InChI=1S/C19H16FN3O4/c1-12(19(25)26)23(11-13-2-4-15(20)5-3-13)18(24)17-10-16(22-27-17)14-6-8-21-9-7-14/h2-10,12H,11H2,1H3,(H,25,26). The summed E-state index contributed by atoms with van der Waals surface area (Å²) >= 11 is 0. The summed E-state index contributed by atoms with van der Waals surface area (Å²) in [6, 6.07) is 9.24. The van der Waals surface area contributed by atoms with Crippen molar-refractivity contribution in [1.29, 1.82) is 0 Å². The van der Waals surface area contributed by atoms with Crippen molar-refractivity contribution < 1.29 is 23.6 Å². The van der Waals surface area contributed by atoms with Crippen LogP contribution in [0.1, 0.15) is 23.0 Å². The lowest BCUT2D eigenvalue weighted by Gasteiger charge is -2.25. The third kappa shape index (κ3) is 4.17. The van der Waals surface area contributed by atoms with Gasteiger partial charge in [0.1, 0.15) is 17.6 Å². The SMILES string of the molecule is CC(C(=O)O)N(Cc1ccc(F)cc1)C(=O)c1cc(-c2ccncc2)no1. The fraction of sp³-hybridized carbons (Fsp3) is 0.158. The highest BCUT2D eigenvalue weighted by atomic mass is 19.1. The topological polar surface area (TPSA) is 96.5 Å². The van der Waals surface area contributed by atoms with Gasteiger partial charge in [-0.15, -0.1) is 0 Å².